The molecule has 0 saturated heterocycles. The summed E-state index contributed by atoms with van der Waals surface area (Å²) in [6.07, 6.45) is 1.13. The summed E-state index contributed by atoms with van der Waals surface area (Å²) < 4.78 is 17.8. The normalized spacial score (nSPS) is 15.9. The Morgan fingerprint density at radius 1 is 1.20 bits per heavy atom. The Kier molecular flexibility index (Phi) is 7.24. The smallest absolute Gasteiger partial charge is 0.119 e. The lowest BCUT2D eigenvalue weighted by atomic mass is 10.1. The molecule has 20 heavy (non-hydrogen) atoms. The molecular formula is C16H27NO2S. The van der Waals surface area contributed by atoms with Crippen LogP contribution < -0.4 is 10.1 Å². The van der Waals surface area contributed by atoms with Crippen molar-refractivity contribution in [3.05, 3.63) is 29.8 Å². The van der Waals surface area contributed by atoms with Crippen molar-refractivity contribution in [3.8, 4) is 5.75 Å². The predicted octanol–water partition coefficient (Wildman–Crippen LogP) is 3.28. The van der Waals surface area contributed by atoms with Crippen LogP contribution in [0, 0.1) is 0 Å². The third kappa shape index (κ3) is 5.25. The van der Waals surface area contributed by atoms with Gasteiger partial charge in [0.25, 0.3) is 0 Å². The van der Waals surface area contributed by atoms with Gasteiger partial charge >= 0.3 is 0 Å². The molecule has 0 radical (unpaired) electrons. The summed E-state index contributed by atoms with van der Waals surface area (Å²) in [5.41, 5.74) is 1.15. The van der Waals surface area contributed by atoms with Crippen LogP contribution in [0.3, 0.4) is 0 Å². The number of nitrogens with one attached hydrogen (secondary N) is 1. The highest BCUT2D eigenvalue weighted by Gasteiger charge is 2.16. The van der Waals surface area contributed by atoms with Crippen molar-refractivity contribution in [1.29, 1.82) is 0 Å². The highest BCUT2D eigenvalue weighted by Crippen LogP contribution is 2.20. The topological polar surface area (TPSA) is 38.3 Å². The van der Waals surface area contributed by atoms with Gasteiger partial charge in [-0.2, -0.15) is 0 Å². The molecule has 114 valence electrons. The van der Waals surface area contributed by atoms with Gasteiger partial charge in [-0.1, -0.05) is 26.0 Å². The predicted molar refractivity (Wildman–Crippen MR) is 86.8 cm³/mol. The Hall–Kier alpha value is -0.870. The van der Waals surface area contributed by atoms with Gasteiger partial charge in [-0.25, -0.2) is 0 Å². The SMILES string of the molecule is CCC(C)S(=O)CC(NC)c1ccc(OC(C)C)cc1. The molecule has 0 saturated carbocycles. The molecule has 1 rings (SSSR count). The van der Waals surface area contributed by atoms with Crippen molar-refractivity contribution in [2.24, 2.45) is 0 Å². The first-order valence-corrected chi connectivity index (χ1v) is 8.67. The molecule has 0 aliphatic carbocycles. The van der Waals surface area contributed by atoms with E-state index >= 15 is 0 Å². The van der Waals surface area contributed by atoms with Crippen molar-refractivity contribution in [2.75, 3.05) is 12.8 Å². The van der Waals surface area contributed by atoms with E-state index in [2.05, 4.69) is 12.2 Å². The molecule has 4 heteroatoms. The fraction of sp³-hybridized carbons (Fsp3) is 0.625. The maximum atomic E-state index is 12.2. The van der Waals surface area contributed by atoms with Crippen LogP contribution in [0.2, 0.25) is 0 Å². The van der Waals surface area contributed by atoms with Crippen molar-refractivity contribution >= 4 is 10.8 Å². The zero-order valence-corrected chi connectivity index (χ0v) is 14.0. The number of rotatable bonds is 8. The molecular weight excluding hydrogens is 270 g/mol. The van der Waals surface area contributed by atoms with Crippen LogP contribution in [0.5, 0.6) is 5.75 Å². The van der Waals surface area contributed by atoms with E-state index in [4.69, 9.17) is 4.74 Å². The molecule has 0 aliphatic rings. The summed E-state index contributed by atoms with van der Waals surface area (Å²) in [4.78, 5) is 0. The number of ether oxygens (including phenoxy) is 1. The molecule has 1 aromatic carbocycles. The van der Waals surface area contributed by atoms with Gasteiger partial charge < -0.3 is 10.1 Å². The molecule has 3 unspecified atom stereocenters. The first-order valence-electron chi connectivity index (χ1n) is 7.29. The van der Waals surface area contributed by atoms with E-state index in [9.17, 15) is 4.21 Å². The zero-order valence-electron chi connectivity index (χ0n) is 13.2. The molecule has 3 atom stereocenters. The van der Waals surface area contributed by atoms with E-state index in [1.165, 1.54) is 0 Å². The van der Waals surface area contributed by atoms with Crippen molar-refractivity contribution in [1.82, 2.24) is 5.32 Å². The Labute approximate surface area is 125 Å². The first kappa shape index (κ1) is 17.2. The number of hydrogen-bond acceptors (Lipinski definition) is 3. The molecule has 0 aliphatic heterocycles. The van der Waals surface area contributed by atoms with E-state index in [-0.39, 0.29) is 17.4 Å². The summed E-state index contributed by atoms with van der Waals surface area (Å²) in [7, 11) is 1.11. The summed E-state index contributed by atoms with van der Waals surface area (Å²) >= 11 is 0. The largest absolute Gasteiger partial charge is 0.491 e. The molecule has 0 heterocycles. The van der Waals surface area contributed by atoms with Gasteiger partial charge in [0.1, 0.15) is 5.75 Å². The highest BCUT2D eigenvalue weighted by molar-refractivity contribution is 7.85. The molecule has 0 fully saturated rings. The zero-order chi connectivity index (χ0) is 15.1. The van der Waals surface area contributed by atoms with Crippen LogP contribution in [0.1, 0.15) is 45.7 Å². The summed E-state index contributed by atoms with van der Waals surface area (Å²) in [6, 6.07) is 8.18. The second kappa shape index (κ2) is 8.42. The van der Waals surface area contributed by atoms with Crippen molar-refractivity contribution in [3.63, 3.8) is 0 Å². The average Bonchev–Trinajstić information content (AvgIpc) is 2.44. The molecule has 3 nitrogen and oxygen atoms in total. The van der Waals surface area contributed by atoms with E-state index in [1.807, 2.05) is 52.1 Å². The Balaban J connectivity index is 2.72. The minimum atomic E-state index is -0.803. The molecule has 0 bridgehead atoms. The molecule has 1 aromatic rings. The van der Waals surface area contributed by atoms with Gasteiger partial charge in [0.15, 0.2) is 0 Å². The lowest BCUT2D eigenvalue weighted by Gasteiger charge is -2.19. The van der Waals surface area contributed by atoms with Crippen LogP contribution in [0.4, 0.5) is 0 Å². The maximum absolute atomic E-state index is 12.2. The third-order valence-electron chi connectivity index (χ3n) is 3.36. The molecule has 0 spiro atoms. The quantitative estimate of drug-likeness (QED) is 0.800. The van der Waals surface area contributed by atoms with Crippen LogP contribution in [0.25, 0.3) is 0 Å². The standard InChI is InChI=1S/C16H27NO2S/c1-6-13(4)20(18)11-16(17-5)14-7-9-15(10-8-14)19-12(2)3/h7-10,12-13,16-17H,6,11H2,1-5H3. The van der Waals surface area contributed by atoms with Gasteiger partial charge in [-0.05, 0) is 45.0 Å². The lowest BCUT2D eigenvalue weighted by molar-refractivity contribution is 0.242. The summed E-state index contributed by atoms with van der Waals surface area (Å²) in [6.45, 7) is 8.15. The van der Waals surface area contributed by atoms with Gasteiger partial charge in [0, 0.05) is 27.8 Å². The Morgan fingerprint density at radius 2 is 1.80 bits per heavy atom. The van der Waals surface area contributed by atoms with E-state index < -0.39 is 10.8 Å². The Morgan fingerprint density at radius 3 is 2.25 bits per heavy atom. The monoisotopic (exact) mass is 297 g/mol. The van der Waals surface area contributed by atoms with Gasteiger partial charge in [-0.15, -0.1) is 0 Å². The van der Waals surface area contributed by atoms with Crippen LogP contribution >= 0.6 is 0 Å². The van der Waals surface area contributed by atoms with Gasteiger partial charge in [0.05, 0.1) is 6.10 Å². The fourth-order valence-corrected chi connectivity index (χ4v) is 3.30. The molecule has 1 N–H and O–H groups in total. The summed E-state index contributed by atoms with van der Waals surface area (Å²) in [5.74, 6) is 1.53. The van der Waals surface area contributed by atoms with E-state index in [0.717, 1.165) is 17.7 Å². The number of hydrogen-bond donors (Lipinski definition) is 1. The highest BCUT2D eigenvalue weighted by atomic mass is 32.2. The summed E-state index contributed by atoms with van der Waals surface area (Å²) in [5, 5.41) is 3.50. The Bertz CT molecular complexity index is 417. The van der Waals surface area contributed by atoms with E-state index in [0.29, 0.717) is 5.75 Å². The van der Waals surface area contributed by atoms with Gasteiger partial charge in [0.2, 0.25) is 0 Å². The van der Waals surface area contributed by atoms with Crippen molar-refractivity contribution in [2.45, 2.75) is 51.5 Å². The van der Waals surface area contributed by atoms with Crippen LogP contribution in [-0.2, 0) is 10.8 Å². The number of benzene rings is 1. The second-order valence-corrected chi connectivity index (χ2v) is 7.24. The lowest BCUT2D eigenvalue weighted by Crippen LogP contribution is -2.26. The van der Waals surface area contributed by atoms with Crippen LogP contribution in [0.15, 0.2) is 24.3 Å². The van der Waals surface area contributed by atoms with Crippen LogP contribution in [-0.4, -0.2) is 28.4 Å². The minimum Gasteiger partial charge on any atom is -0.491 e. The maximum Gasteiger partial charge on any atom is 0.119 e. The average molecular weight is 297 g/mol. The fourth-order valence-electron chi connectivity index (χ4n) is 1.91. The van der Waals surface area contributed by atoms with Crippen molar-refractivity contribution < 1.29 is 8.95 Å². The molecule has 0 aromatic heterocycles. The second-order valence-electron chi connectivity index (χ2n) is 5.34. The molecule has 0 amide bonds. The minimum absolute atomic E-state index is 0.123. The third-order valence-corrected chi connectivity index (χ3v) is 5.25. The van der Waals surface area contributed by atoms with E-state index in [1.54, 1.807) is 0 Å². The van der Waals surface area contributed by atoms with Gasteiger partial charge in [-0.3, -0.25) is 4.21 Å². The first-order chi connectivity index (χ1) is 9.47.